The fraction of sp³-hybridized carbons (Fsp3) is 0.190. The van der Waals surface area contributed by atoms with E-state index in [4.69, 9.17) is 29.6 Å². The van der Waals surface area contributed by atoms with Crippen LogP contribution in [0.2, 0.25) is 5.02 Å². The molecule has 146 valence electrons. The minimum Gasteiger partial charge on any atom is -0.370 e. The first-order valence-electron chi connectivity index (χ1n) is 8.80. The summed E-state index contributed by atoms with van der Waals surface area (Å²) in [5.41, 5.74) is 7.13. The van der Waals surface area contributed by atoms with Gasteiger partial charge in [0.15, 0.2) is 5.11 Å². The summed E-state index contributed by atoms with van der Waals surface area (Å²) < 4.78 is 0. The van der Waals surface area contributed by atoms with E-state index in [0.717, 1.165) is 17.5 Å². The standard InChI is InChI=1S/C21H22ClN3O2S/c22-18-9-5-4-8-17(18)10-11-20(27)24-21(28)25(15-13-19(23)26)14-12-16-6-2-1-3-7-16/h1-11H,12-15H2,(H2,23,26)(H,24,27,28)/b11-10+. The predicted octanol–water partition coefficient (Wildman–Crippen LogP) is 3.17. The molecule has 0 unspecified atom stereocenters. The molecule has 0 saturated carbocycles. The number of carbonyl (C=O) groups excluding carboxylic acids is 2. The number of nitrogens with two attached hydrogens (primary N) is 1. The maximum absolute atomic E-state index is 12.2. The van der Waals surface area contributed by atoms with Gasteiger partial charge in [0.2, 0.25) is 11.8 Å². The number of nitrogens with one attached hydrogen (secondary N) is 1. The summed E-state index contributed by atoms with van der Waals surface area (Å²) in [7, 11) is 0. The second kappa shape index (κ2) is 11.2. The lowest BCUT2D eigenvalue weighted by Crippen LogP contribution is -2.44. The van der Waals surface area contributed by atoms with E-state index in [1.54, 1.807) is 17.0 Å². The summed E-state index contributed by atoms with van der Waals surface area (Å²) >= 11 is 11.4. The van der Waals surface area contributed by atoms with Gasteiger partial charge in [0.1, 0.15) is 0 Å². The van der Waals surface area contributed by atoms with Crippen LogP contribution < -0.4 is 11.1 Å². The number of hydrogen-bond acceptors (Lipinski definition) is 3. The van der Waals surface area contributed by atoms with Crippen LogP contribution in [0.15, 0.2) is 60.7 Å². The van der Waals surface area contributed by atoms with Crippen LogP contribution >= 0.6 is 23.8 Å². The zero-order chi connectivity index (χ0) is 20.4. The Balaban J connectivity index is 1.96. The fourth-order valence-electron chi connectivity index (χ4n) is 2.47. The van der Waals surface area contributed by atoms with E-state index < -0.39 is 5.91 Å². The first kappa shape index (κ1) is 21.6. The summed E-state index contributed by atoms with van der Waals surface area (Å²) in [6.45, 7) is 0.903. The maximum Gasteiger partial charge on any atom is 0.250 e. The van der Waals surface area contributed by atoms with Crippen LogP contribution in [0.4, 0.5) is 0 Å². The molecule has 0 aromatic heterocycles. The smallest absolute Gasteiger partial charge is 0.250 e. The minimum atomic E-state index is -0.419. The van der Waals surface area contributed by atoms with Gasteiger partial charge in [-0.3, -0.25) is 14.9 Å². The number of hydrogen-bond donors (Lipinski definition) is 2. The molecular formula is C21H22ClN3O2S. The number of amides is 2. The zero-order valence-corrected chi connectivity index (χ0v) is 16.9. The van der Waals surface area contributed by atoms with Gasteiger partial charge in [0.25, 0.3) is 0 Å². The van der Waals surface area contributed by atoms with Crippen LogP contribution in [-0.2, 0) is 16.0 Å². The van der Waals surface area contributed by atoms with Crippen molar-refractivity contribution in [3.05, 3.63) is 76.8 Å². The Morgan fingerprint density at radius 3 is 2.43 bits per heavy atom. The van der Waals surface area contributed by atoms with Gasteiger partial charge in [-0.05, 0) is 41.9 Å². The van der Waals surface area contributed by atoms with Gasteiger partial charge >= 0.3 is 0 Å². The fourth-order valence-corrected chi connectivity index (χ4v) is 2.95. The van der Waals surface area contributed by atoms with E-state index in [2.05, 4.69) is 5.32 Å². The molecule has 3 N–H and O–H groups in total. The lowest BCUT2D eigenvalue weighted by atomic mass is 10.1. The molecule has 0 heterocycles. The second-order valence-electron chi connectivity index (χ2n) is 6.09. The van der Waals surface area contributed by atoms with Crippen LogP contribution in [-0.4, -0.2) is 34.9 Å². The van der Waals surface area contributed by atoms with Gasteiger partial charge in [0.05, 0.1) is 0 Å². The highest BCUT2D eigenvalue weighted by Gasteiger charge is 2.13. The molecule has 0 aliphatic rings. The molecule has 7 heteroatoms. The van der Waals surface area contributed by atoms with Gasteiger partial charge in [0, 0.05) is 30.6 Å². The summed E-state index contributed by atoms with van der Waals surface area (Å²) in [6.07, 6.45) is 3.88. The molecule has 2 amide bonds. The molecule has 0 atom stereocenters. The molecule has 0 aliphatic carbocycles. The van der Waals surface area contributed by atoms with E-state index >= 15 is 0 Å². The topological polar surface area (TPSA) is 75.4 Å². The van der Waals surface area contributed by atoms with Gasteiger partial charge in [-0.1, -0.05) is 60.1 Å². The molecule has 0 aliphatic heterocycles. The van der Waals surface area contributed by atoms with Crippen LogP contribution in [0.25, 0.3) is 6.08 Å². The molecule has 0 radical (unpaired) electrons. The average Bonchev–Trinajstić information content (AvgIpc) is 2.68. The molecule has 28 heavy (non-hydrogen) atoms. The van der Waals surface area contributed by atoms with Crippen molar-refractivity contribution in [3.8, 4) is 0 Å². The van der Waals surface area contributed by atoms with E-state index in [9.17, 15) is 9.59 Å². The van der Waals surface area contributed by atoms with Crippen LogP contribution in [0.5, 0.6) is 0 Å². The first-order valence-corrected chi connectivity index (χ1v) is 9.59. The molecule has 2 aromatic carbocycles. The Morgan fingerprint density at radius 1 is 1.07 bits per heavy atom. The van der Waals surface area contributed by atoms with Gasteiger partial charge in [-0.15, -0.1) is 0 Å². The Bertz CT molecular complexity index is 856. The van der Waals surface area contributed by atoms with Crippen LogP contribution in [0.3, 0.4) is 0 Å². The van der Waals surface area contributed by atoms with Crippen molar-refractivity contribution in [1.29, 1.82) is 0 Å². The van der Waals surface area contributed by atoms with E-state index in [-0.39, 0.29) is 17.4 Å². The van der Waals surface area contributed by atoms with Crippen molar-refractivity contribution >= 4 is 46.8 Å². The van der Waals surface area contributed by atoms with Gasteiger partial charge in [-0.25, -0.2) is 0 Å². The lowest BCUT2D eigenvalue weighted by molar-refractivity contribution is -0.118. The third-order valence-corrected chi connectivity index (χ3v) is 4.68. The molecule has 0 saturated heterocycles. The summed E-state index contributed by atoms with van der Waals surface area (Å²) in [5.74, 6) is -0.786. The molecule has 0 spiro atoms. The molecule has 5 nitrogen and oxygen atoms in total. The largest absolute Gasteiger partial charge is 0.370 e. The number of benzene rings is 2. The van der Waals surface area contributed by atoms with Gasteiger partial charge in [-0.2, -0.15) is 0 Å². The summed E-state index contributed by atoms with van der Waals surface area (Å²) in [6, 6.07) is 17.1. The highest BCUT2D eigenvalue weighted by Crippen LogP contribution is 2.16. The normalized spacial score (nSPS) is 10.6. The predicted molar refractivity (Wildman–Crippen MR) is 117 cm³/mol. The number of nitrogens with zero attached hydrogens (tertiary/aromatic N) is 1. The molecule has 2 aromatic rings. The monoisotopic (exact) mass is 415 g/mol. The molecule has 0 bridgehead atoms. The Labute approximate surface area is 175 Å². The van der Waals surface area contributed by atoms with Crippen molar-refractivity contribution in [1.82, 2.24) is 10.2 Å². The maximum atomic E-state index is 12.2. The molecular weight excluding hydrogens is 394 g/mol. The van der Waals surface area contributed by atoms with E-state index in [0.29, 0.717) is 18.1 Å². The van der Waals surface area contributed by atoms with Crippen molar-refractivity contribution < 1.29 is 9.59 Å². The number of rotatable bonds is 8. The first-order chi connectivity index (χ1) is 13.5. The quantitative estimate of drug-likeness (QED) is 0.513. The van der Waals surface area contributed by atoms with Crippen LogP contribution in [0.1, 0.15) is 17.5 Å². The van der Waals surface area contributed by atoms with Crippen molar-refractivity contribution in [2.24, 2.45) is 5.73 Å². The molecule has 2 rings (SSSR count). The summed E-state index contributed by atoms with van der Waals surface area (Å²) in [5, 5.41) is 3.48. The number of halogens is 1. The number of carbonyl (C=O) groups is 2. The van der Waals surface area contributed by atoms with E-state index in [1.807, 2.05) is 48.5 Å². The van der Waals surface area contributed by atoms with E-state index in [1.165, 1.54) is 6.08 Å². The van der Waals surface area contributed by atoms with Crippen LogP contribution in [0, 0.1) is 0 Å². The zero-order valence-electron chi connectivity index (χ0n) is 15.3. The SMILES string of the molecule is NC(=O)CCN(CCc1ccccc1)C(=S)NC(=O)/C=C/c1ccccc1Cl. The number of thiocarbonyl (C=S) groups is 1. The minimum absolute atomic E-state index is 0.153. The van der Waals surface area contributed by atoms with Crippen molar-refractivity contribution in [2.45, 2.75) is 12.8 Å². The lowest BCUT2D eigenvalue weighted by Gasteiger charge is -2.24. The summed E-state index contributed by atoms with van der Waals surface area (Å²) in [4.78, 5) is 25.1. The van der Waals surface area contributed by atoms with Crippen molar-refractivity contribution in [3.63, 3.8) is 0 Å². The van der Waals surface area contributed by atoms with Crippen molar-refractivity contribution in [2.75, 3.05) is 13.1 Å². The highest BCUT2D eigenvalue weighted by atomic mass is 35.5. The third kappa shape index (κ3) is 7.50. The Hall–Kier alpha value is -2.70. The Kier molecular flexibility index (Phi) is 8.65. The number of primary amides is 1. The second-order valence-corrected chi connectivity index (χ2v) is 6.88. The highest BCUT2D eigenvalue weighted by molar-refractivity contribution is 7.80. The van der Waals surface area contributed by atoms with Gasteiger partial charge < -0.3 is 10.6 Å². The Morgan fingerprint density at radius 2 is 1.75 bits per heavy atom. The molecule has 0 fully saturated rings. The average molecular weight is 416 g/mol. The third-order valence-electron chi connectivity index (χ3n) is 3.98.